The standard InChI is InChI=1S/C19H24N4O5/c1-3-15-17(22-11-28-15)19(26)23-12(2)8-9-21-18(25)13-4-6-14(7-5-13)27-10-16(20)24/h4-7,11-12H,3,8-10H2,1-2H3,(H2,20,24)(H,21,25)(H,23,26)/t12-/m0/s1. The zero-order valence-electron chi connectivity index (χ0n) is 15.9. The minimum atomic E-state index is -0.572. The van der Waals surface area contributed by atoms with Crippen LogP contribution in [-0.4, -0.2) is 41.9 Å². The smallest absolute Gasteiger partial charge is 0.273 e. The summed E-state index contributed by atoms with van der Waals surface area (Å²) in [5.41, 5.74) is 5.75. The van der Waals surface area contributed by atoms with Crippen molar-refractivity contribution in [3.8, 4) is 5.75 Å². The molecule has 0 radical (unpaired) electrons. The van der Waals surface area contributed by atoms with Crippen LogP contribution in [0.4, 0.5) is 0 Å². The number of ether oxygens (including phenoxy) is 1. The number of benzene rings is 1. The van der Waals surface area contributed by atoms with Crippen LogP contribution in [0.3, 0.4) is 0 Å². The van der Waals surface area contributed by atoms with Crippen molar-refractivity contribution in [2.24, 2.45) is 5.73 Å². The number of nitrogens with one attached hydrogen (secondary N) is 2. The van der Waals surface area contributed by atoms with Crippen molar-refractivity contribution in [1.82, 2.24) is 15.6 Å². The fraction of sp³-hybridized carbons (Fsp3) is 0.368. The van der Waals surface area contributed by atoms with Gasteiger partial charge in [0.2, 0.25) is 0 Å². The molecule has 9 heteroatoms. The van der Waals surface area contributed by atoms with E-state index in [2.05, 4.69) is 15.6 Å². The zero-order chi connectivity index (χ0) is 20.5. The first-order valence-electron chi connectivity index (χ1n) is 8.93. The molecule has 1 aromatic heterocycles. The number of hydrogen-bond donors (Lipinski definition) is 3. The minimum Gasteiger partial charge on any atom is -0.484 e. The molecule has 0 aliphatic rings. The van der Waals surface area contributed by atoms with Gasteiger partial charge in [0.05, 0.1) is 0 Å². The topological polar surface area (TPSA) is 137 Å². The normalized spacial score (nSPS) is 11.5. The third-order valence-corrected chi connectivity index (χ3v) is 3.92. The van der Waals surface area contributed by atoms with Gasteiger partial charge in [0.15, 0.2) is 18.7 Å². The predicted octanol–water partition coefficient (Wildman–Crippen LogP) is 1.04. The molecule has 0 unspecified atom stereocenters. The van der Waals surface area contributed by atoms with E-state index in [1.54, 1.807) is 24.3 Å². The molecule has 0 saturated heterocycles. The van der Waals surface area contributed by atoms with Crippen LogP contribution in [0.1, 0.15) is 46.9 Å². The fourth-order valence-corrected chi connectivity index (χ4v) is 2.43. The highest BCUT2D eigenvalue weighted by Crippen LogP contribution is 2.12. The highest BCUT2D eigenvalue weighted by Gasteiger charge is 2.17. The van der Waals surface area contributed by atoms with Gasteiger partial charge in [0.25, 0.3) is 17.7 Å². The number of nitrogens with zero attached hydrogens (tertiary/aromatic N) is 1. The summed E-state index contributed by atoms with van der Waals surface area (Å²) < 4.78 is 10.3. The van der Waals surface area contributed by atoms with E-state index >= 15 is 0 Å². The molecule has 2 rings (SSSR count). The number of aromatic nitrogens is 1. The van der Waals surface area contributed by atoms with Gasteiger partial charge in [-0.05, 0) is 37.6 Å². The van der Waals surface area contributed by atoms with Gasteiger partial charge in [-0.3, -0.25) is 14.4 Å². The van der Waals surface area contributed by atoms with Crippen LogP contribution in [0.5, 0.6) is 5.75 Å². The fourth-order valence-electron chi connectivity index (χ4n) is 2.43. The molecular formula is C19H24N4O5. The molecule has 4 N–H and O–H groups in total. The third-order valence-electron chi connectivity index (χ3n) is 3.92. The Balaban J connectivity index is 1.75. The molecule has 0 saturated carbocycles. The summed E-state index contributed by atoms with van der Waals surface area (Å²) in [5.74, 6) is -0.120. The Morgan fingerprint density at radius 2 is 1.93 bits per heavy atom. The van der Waals surface area contributed by atoms with Crippen LogP contribution in [0, 0.1) is 0 Å². The average Bonchev–Trinajstić information content (AvgIpc) is 3.15. The van der Waals surface area contributed by atoms with E-state index in [4.69, 9.17) is 14.9 Å². The van der Waals surface area contributed by atoms with Crippen molar-refractivity contribution in [2.75, 3.05) is 13.2 Å². The first-order valence-corrected chi connectivity index (χ1v) is 8.93. The highest BCUT2D eigenvalue weighted by molar-refractivity contribution is 5.94. The quantitative estimate of drug-likeness (QED) is 0.556. The van der Waals surface area contributed by atoms with E-state index < -0.39 is 5.91 Å². The number of hydrogen-bond acceptors (Lipinski definition) is 6. The van der Waals surface area contributed by atoms with E-state index in [1.165, 1.54) is 6.39 Å². The van der Waals surface area contributed by atoms with Crippen molar-refractivity contribution in [3.05, 3.63) is 47.7 Å². The van der Waals surface area contributed by atoms with Crippen LogP contribution in [0.25, 0.3) is 0 Å². The Labute approximate surface area is 162 Å². The van der Waals surface area contributed by atoms with Crippen LogP contribution >= 0.6 is 0 Å². The molecule has 0 aliphatic heterocycles. The van der Waals surface area contributed by atoms with Crippen LogP contribution in [0.2, 0.25) is 0 Å². The van der Waals surface area contributed by atoms with E-state index in [-0.39, 0.29) is 30.2 Å². The Kier molecular flexibility index (Phi) is 7.55. The van der Waals surface area contributed by atoms with Crippen LogP contribution in [0.15, 0.2) is 35.1 Å². The molecule has 1 heterocycles. The lowest BCUT2D eigenvalue weighted by molar-refractivity contribution is -0.119. The van der Waals surface area contributed by atoms with E-state index in [9.17, 15) is 14.4 Å². The summed E-state index contributed by atoms with van der Waals surface area (Å²) in [4.78, 5) is 39.0. The van der Waals surface area contributed by atoms with Gasteiger partial charge in [-0.25, -0.2) is 4.98 Å². The summed E-state index contributed by atoms with van der Waals surface area (Å²) in [6.07, 6.45) is 2.39. The number of carbonyl (C=O) groups excluding carboxylic acids is 3. The maximum Gasteiger partial charge on any atom is 0.273 e. The lowest BCUT2D eigenvalue weighted by Gasteiger charge is -2.14. The number of oxazole rings is 1. The van der Waals surface area contributed by atoms with E-state index in [1.807, 2.05) is 13.8 Å². The van der Waals surface area contributed by atoms with Gasteiger partial charge in [0.1, 0.15) is 11.5 Å². The van der Waals surface area contributed by atoms with E-state index in [0.717, 1.165) is 0 Å². The Hall–Kier alpha value is -3.36. The van der Waals surface area contributed by atoms with Crippen molar-refractivity contribution < 1.29 is 23.5 Å². The number of aryl methyl sites for hydroxylation is 1. The van der Waals surface area contributed by atoms with Gasteiger partial charge >= 0.3 is 0 Å². The van der Waals surface area contributed by atoms with Crippen molar-refractivity contribution >= 4 is 17.7 Å². The second-order valence-corrected chi connectivity index (χ2v) is 6.18. The van der Waals surface area contributed by atoms with Crippen LogP contribution < -0.4 is 21.1 Å². The number of rotatable bonds is 10. The zero-order valence-corrected chi connectivity index (χ0v) is 15.9. The van der Waals surface area contributed by atoms with Crippen molar-refractivity contribution in [3.63, 3.8) is 0 Å². The lowest BCUT2D eigenvalue weighted by Crippen LogP contribution is -2.36. The van der Waals surface area contributed by atoms with Gasteiger partial charge < -0.3 is 25.5 Å². The first-order chi connectivity index (χ1) is 13.4. The minimum absolute atomic E-state index is 0.154. The predicted molar refractivity (Wildman–Crippen MR) is 101 cm³/mol. The molecule has 1 aromatic carbocycles. The molecule has 0 bridgehead atoms. The molecule has 0 fully saturated rings. The SMILES string of the molecule is CCc1ocnc1C(=O)N[C@@H](C)CCNC(=O)c1ccc(OCC(N)=O)cc1. The molecule has 0 spiro atoms. The monoisotopic (exact) mass is 388 g/mol. The number of carbonyl (C=O) groups is 3. The van der Waals surface area contributed by atoms with E-state index in [0.29, 0.717) is 36.5 Å². The first kappa shape index (κ1) is 20.9. The molecule has 0 aliphatic carbocycles. The summed E-state index contributed by atoms with van der Waals surface area (Å²) in [7, 11) is 0. The average molecular weight is 388 g/mol. The summed E-state index contributed by atoms with van der Waals surface area (Å²) >= 11 is 0. The highest BCUT2D eigenvalue weighted by atomic mass is 16.5. The number of amides is 3. The molecule has 3 amide bonds. The Bertz CT molecular complexity index is 816. The second-order valence-electron chi connectivity index (χ2n) is 6.18. The number of nitrogens with two attached hydrogens (primary N) is 1. The Morgan fingerprint density at radius 1 is 1.21 bits per heavy atom. The van der Waals surface area contributed by atoms with Crippen molar-refractivity contribution in [1.29, 1.82) is 0 Å². The maximum atomic E-state index is 12.2. The van der Waals surface area contributed by atoms with Crippen LogP contribution in [-0.2, 0) is 11.2 Å². The molecule has 150 valence electrons. The molecule has 9 nitrogen and oxygen atoms in total. The molecule has 28 heavy (non-hydrogen) atoms. The van der Waals surface area contributed by atoms with Gasteiger partial charge in [0, 0.05) is 24.6 Å². The van der Waals surface area contributed by atoms with Gasteiger partial charge in [-0.1, -0.05) is 6.92 Å². The Morgan fingerprint density at radius 3 is 2.57 bits per heavy atom. The molecular weight excluding hydrogens is 364 g/mol. The summed E-state index contributed by atoms with van der Waals surface area (Å²) in [5, 5.41) is 5.62. The summed E-state index contributed by atoms with van der Waals surface area (Å²) in [6.45, 7) is 3.90. The largest absolute Gasteiger partial charge is 0.484 e. The van der Waals surface area contributed by atoms with Crippen molar-refractivity contribution in [2.45, 2.75) is 32.7 Å². The summed E-state index contributed by atoms with van der Waals surface area (Å²) in [6, 6.07) is 6.20. The third kappa shape index (κ3) is 6.11. The second kappa shape index (κ2) is 10.1. The molecule has 2 aromatic rings. The maximum absolute atomic E-state index is 12.2. The van der Waals surface area contributed by atoms with Gasteiger partial charge in [-0.2, -0.15) is 0 Å². The number of primary amides is 1. The molecule has 1 atom stereocenters. The van der Waals surface area contributed by atoms with Gasteiger partial charge in [-0.15, -0.1) is 0 Å². The lowest BCUT2D eigenvalue weighted by atomic mass is 10.2.